The van der Waals surface area contributed by atoms with E-state index < -0.39 is 10.0 Å². The molecule has 0 aromatic heterocycles. The smallest absolute Gasteiger partial charge is 0.253 e. The molecular formula is C18H25N3O4S. The van der Waals surface area contributed by atoms with E-state index in [0.29, 0.717) is 50.1 Å². The number of carbonyl (C=O) groups is 2. The summed E-state index contributed by atoms with van der Waals surface area (Å²) in [6.45, 7) is 2.22. The van der Waals surface area contributed by atoms with Crippen molar-refractivity contribution in [3.63, 3.8) is 0 Å². The number of carbonyl (C=O) groups excluding carboxylic acids is 2. The summed E-state index contributed by atoms with van der Waals surface area (Å²) < 4.78 is 26.3. The van der Waals surface area contributed by atoms with Gasteiger partial charge >= 0.3 is 0 Å². The lowest BCUT2D eigenvalue weighted by Crippen LogP contribution is -2.41. The quantitative estimate of drug-likeness (QED) is 0.823. The predicted octanol–water partition coefficient (Wildman–Crippen LogP) is 0.950. The fourth-order valence-corrected chi connectivity index (χ4v) is 5.17. The molecule has 0 saturated carbocycles. The number of hydrogen-bond acceptors (Lipinski definition) is 4. The Morgan fingerprint density at radius 2 is 1.58 bits per heavy atom. The monoisotopic (exact) mass is 379 g/mol. The number of likely N-dealkylation sites (tertiary alicyclic amines) is 1. The zero-order valence-corrected chi connectivity index (χ0v) is 15.6. The van der Waals surface area contributed by atoms with E-state index in [2.05, 4.69) is 0 Å². The summed E-state index contributed by atoms with van der Waals surface area (Å²) in [5.74, 6) is -0.592. The van der Waals surface area contributed by atoms with E-state index in [-0.39, 0.29) is 23.5 Å². The van der Waals surface area contributed by atoms with E-state index in [4.69, 9.17) is 5.73 Å². The van der Waals surface area contributed by atoms with Crippen molar-refractivity contribution in [2.75, 3.05) is 26.2 Å². The maximum absolute atomic E-state index is 12.6. The summed E-state index contributed by atoms with van der Waals surface area (Å²) in [6.07, 6.45) is 3.01. The van der Waals surface area contributed by atoms with Crippen molar-refractivity contribution in [1.82, 2.24) is 9.21 Å². The molecule has 0 aliphatic carbocycles. The Bertz CT molecular complexity index is 762. The normalized spacial score (nSPS) is 19.6. The van der Waals surface area contributed by atoms with Gasteiger partial charge in [0.05, 0.1) is 5.75 Å². The van der Waals surface area contributed by atoms with E-state index in [0.717, 1.165) is 12.8 Å². The Morgan fingerprint density at radius 3 is 2.12 bits per heavy atom. The average molecular weight is 379 g/mol. The number of sulfonamides is 1. The Hall–Kier alpha value is -1.93. The number of hydrogen-bond donors (Lipinski definition) is 1. The van der Waals surface area contributed by atoms with E-state index in [1.165, 1.54) is 4.31 Å². The van der Waals surface area contributed by atoms with Crippen molar-refractivity contribution in [2.24, 2.45) is 11.7 Å². The molecule has 26 heavy (non-hydrogen) atoms. The zero-order valence-electron chi connectivity index (χ0n) is 14.8. The molecule has 142 valence electrons. The molecule has 2 heterocycles. The lowest BCUT2D eigenvalue weighted by Gasteiger charge is -2.30. The highest BCUT2D eigenvalue weighted by Gasteiger charge is 2.27. The number of primary amides is 1. The summed E-state index contributed by atoms with van der Waals surface area (Å²) in [7, 11) is -3.29. The van der Waals surface area contributed by atoms with Crippen molar-refractivity contribution in [3.8, 4) is 0 Å². The van der Waals surface area contributed by atoms with Crippen LogP contribution >= 0.6 is 0 Å². The molecule has 2 saturated heterocycles. The minimum Gasteiger partial charge on any atom is -0.369 e. The van der Waals surface area contributed by atoms with Crippen LogP contribution < -0.4 is 5.73 Å². The Labute approximate surface area is 154 Å². The van der Waals surface area contributed by atoms with Crippen LogP contribution in [0.1, 0.15) is 41.6 Å². The van der Waals surface area contributed by atoms with Crippen molar-refractivity contribution in [2.45, 2.75) is 31.4 Å². The van der Waals surface area contributed by atoms with Crippen LogP contribution in [0.4, 0.5) is 0 Å². The number of piperidine rings is 1. The number of rotatable bonds is 5. The van der Waals surface area contributed by atoms with Gasteiger partial charge in [0.25, 0.3) is 5.91 Å². The van der Waals surface area contributed by atoms with Gasteiger partial charge in [-0.2, -0.15) is 0 Å². The van der Waals surface area contributed by atoms with Crippen LogP contribution in [0.5, 0.6) is 0 Å². The molecule has 0 atom stereocenters. The second kappa shape index (κ2) is 7.75. The van der Waals surface area contributed by atoms with Gasteiger partial charge in [-0.25, -0.2) is 12.7 Å². The topological polar surface area (TPSA) is 101 Å². The van der Waals surface area contributed by atoms with Gasteiger partial charge in [-0.1, -0.05) is 12.1 Å². The van der Waals surface area contributed by atoms with Crippen molar-refractivity contribution < 1.29 is 18.0 Å². The van der Waals surface area contributed by atoms with Crippen molar-refractivity contribution >= 4 is 21.8 Å². The van der Waals surface area contributed by atoms with Gasteiger partial charge in [0.2, 0.25) is 15.9 Å². The molecule has 2 aliphatic rings. The summed E-state index contributed by atoms with van der Waals surface area (Å²) in [4.78, 5) is 25.5. The van der Waals surface area contributed by atoms with Gasteiger partial charge in [0, 0.05) is 37.7 Å². The fourth-order valence-electron chi connectivity index (χ4n) is 3.56. The van der Waals surface area contributed by atoms with Crippen molar-refractivity contribution in [3.05, 3.63) is 35.4 Å². The van der Waals surface area contributed by atoms with Gasteiger partial charge in [-0.05, 0) is 43.4 Å². The van der Waals surface area contributed by atoms with Gasteiger partial charge in [0.15, 0.2) is 0 Å². The first kappa shape index (κ1) is 18.8. The molecule has 1 aromatic rings. The summed E-state index contributed by atoms with van der Waals surface area (Å²) in [5, 5.41) is 0. The standard InChI is InChI=1S/C18H25N3O4S/c19-17(22)15-7-11-20(12-8-15)18(23)16-5-3-14(4-6-16)13-26(24,25)21-9-1-2-10-21/h3-6,15H,1-2,7-13H2,(H2,19,22). The first-order chi connectivity index (χ1) is 12.4. The van der Waals surface area contributed by atoms with Crippen LogP contribution in [0.15, 0.2) is 24.3 Å². The number of nitrogens with two attached hydrogens (primary N) is 1. The van der Waals surface area contributed by atoms with Crippen LogP contribution in [0.25, 0.3) is 0 Å². The molecule has 0 radical (unpaired) electrons. The predicted molar refractivity (Wildman–Crippen MR) is 97.7 cm³/mol. The minimum atomic E-state index is -3.29. The van der Waals surface area contributed by atoms with E-state index in [1.807, 2.05) is 0 Å². The van der Waals surface area contributed by atoms with Crippen LogP contribution in [-0.2, 0) is 20.6 Å². The molecule has 7 nitrogen and oxygen atoms in total. The van der Waals surface area contributed by atoms with Gasteiger partial charge in [-0.15, -0.1) is 0 Å². The first-order valence-electron chi connectivity index (χ1n) is 9.02. The van der Waals surface area contributed by atoms with Crippen LogP contribution in [-0.4, -0.2) is 55.6 Å². The minimum absolute atomic E-state index is 0.0362. The van der Waals surface area contributed by atoms with Gasteiger partial charge in [0.1, 0.15) is 0 Å². The third-order valence-corrected chi connectivity index (χ3v) is 7.04. The number of amides is 2. The number of benzene rings is 1. The van der Waals surface area contributed by atoms with Crippen LogP contribution in [0.3, 0.4) is 0 Å². The lowest BCUT2D eigenvalue weighted by atomic mass is 9.96. The van der Waals surface area contributed by atoms with Crippen LogP contribution in [0, 0.1) is 5.92 Å². The van der Waals surface area contributed by atoms with Crippen LogP contribution in [0.2, 0.25) is 0 Å². The molecule has 8 heteroatoms. The van der Waals surface area contributed by atoms with E-state index in [1.54, 1.807) is 29.2 Å². The van der Waals surface area contributed by atoms with E-state index >= 15 is 0 Å². The second-order valence-corrected chi connectivity index (χ2v) is 9.00. The SMILES string of the molecule is NC(=O)C1CCN(C(=O)c2ccc(CS(=O)(=O)N3CCCC3)cc2)CC1. The summed E-state index contributed by atoms with van der Waals surface area (Å²) >= 11 is 0. The summed E-state index contributed by atoms with van der Waals surface area (Å²) in [5.41, 5.74) is 6.53. The third kappa shape index (κ3) is 4.24. The molecule has 3 rings (SSSR count). The Balaban J connectivity index is 1.60. The molecular weight excluding hydrogens is 354 g/mol. The molecule has 0 spiro atoms. The molecule has 0 bridgehead atoms. The highest BCUT2D eigenvalue weighted by atomic mass is 32.2. The van der Waals surface area contributed by atoms with E-state index in [9.17, 15) is 18.0 Å². The second-order valence-electron chi connectivity index (χ2n) is 7.03. The lowest BCUT2D eigenvalue weighted by molar-refractivity contribution is -0.123. The Morgan fingerprint density at radius 1 is 1.00 bits per heavy atom. The molecule has 2 aliphatic heterocycles. The number of nitrogens with zero attached hydrogens (tertiary/aromatic N) is 2. The summed E-state index contributed by atoms with van der Waals surface area (Å²) in [6, 6.07) is 6.77. The molecule has 1 aromatic carbocycles. The highest BCUT2D eigenvalue weighted by Crippen LogP contribution is 2.20. The fraction of sp³-hybridized carbons (Fsp3) is 0.556. The largest absolute Gasteiger partial charge is 0.369 e. The zero-order chi connectivity index (χ0) is 18.7. The Kier molecular flexibility index (Phi) is 5.62. The third-order valence-electron chi connectivity index (χ3n) is 5.19. The first-order valence-corrected chi connectivity index (χ1v) is 10.6. The molecule has 2 fully saturated rings. The van der Waals surface area contributed by atoms with Crippen molar-refractivity contribution in [1.29, 1.82) is 0 Å². The average Bonchev–Trinajstić information content (AvgIpc) is 3.17. The maximum atomic E-state index is 12.6. The highest BCUT2D eigenvalue weighted by molar-refractivity contribution is 7.88. The molecule has 0 unspecified atom stereocenters. The molecule has 2 N–H and O–H groups in total. The van der Waals surface area contributed by atoms with Gasteiger partial charge < -0.3 is 10.6 Å². The maximum Gasteiger partial charge on any atom is 0.253 e. The molecule has 2 amide bonds. The van der Waals surface area contributed by atoms with Gasteiger partial charge in [-0.3, -0.25) is 9.59 Å².